The van der Waals surface area contributed by atoms with Crippen LogP contribution in [0.5, 0.6) is 0 Å². The van der Waals surface area contributed by atoms with E-state index >= 15 is 0 Å². The molecule has 4 rings (SSSR count). The lowest BCUT2D eigenvalue weighted by Gasteiger charge is -2.34. The van der Waals surface area contributed by atoms with Crippen LogP contribution in [0.3, 0.4) is 0 Å². The molecule has 4 aromatic rings. The third-order valence-electron chi connectivity index (χ3n) is 9.74. The lowest BCUT2D eigenvalue weighted by atomic mass is 10.0. The first-order valence-corrected chi connectivity index (χ1v) is 21.9. The van der Waals surface area contributed by atoms with Gasteiger partial charge in [0.1, 0.15) is 16.8 Å². The first-order valence-electron chi connectivity index (χ1n) is 21.9. The summed E-state index contributed by atoms with van der Waals surface area (Å²) in [6.45, 7) is 16.8. The second-order valence-electron chi connectivity index (χ2n) is 18.9. The molecule has 0 heterocycles. The van der Waals surface area contributed by atoms with Gasteiger partial charge in [0.2, 0.25) is 0 Å². The zero-order valence-electron chi connectivity index (χ0n) is 39.0. The van der Waals surface area contributed by atoms with Crippen molar-refractivity contribution in [3.05, 3.63) is 168 Å². The van der Waals surface area contributed by atoms with Crippen molar-refractivity contribution in [2.75, 3.05) is 13.7 Å². The Morgan fingerprint density at radius 3 is 1.30 bits per heavy atom. The van der Waals surface area contributed by atoms with Crippen LogP contribution < -0.4 is 10.6 Å². The molecule has 0 aliphatic carbocycles. The number of hydrogen-bond acceptors (Lipinski definition) is 7. The number of nitrogens with one attached hydrogen (secondary N) is 2. The average Bonchev–Trinajstić information content (AvgIpc) is 3.20. The summed E-state index contributed by atoms with van der Waals surface area (Å²) in [5, 5.41) is 6.75. The smallest absolute Gasteiger partial charge is 0.411 e. The summed E-state index contributed by atoms with van der Waals surface area (Å²) < 4.78 is 17.6. The maximum absolute atomic E-state index is 14.4. The number of benzene rings is 4. The second kappa shape index (κ2) is 23.5. The van der Waals surface area contributed by atoms with Crippen molar-refractivity contribution in [3.63, 3.8) is 0 Å². The van der Waals surface area contributed by atoms with Gasteiger partial charge in [0.25, 0.3) is 0 Å². The number of ether oxygens (including phenoxy) is 3. The molecule has 0 saturated carbocycles. The Balaban J connectivity index is 1.75. The molecule has 0 spiro atoms. The maximum atomic E-state index is 14.4. The fourth-order valence-electron chi connectivity index (χ4n) is 6.75. The molecule has 10 heteroatoms. The number of likely N-dealkylation sites (N-methyl/N-ethyl adjacent to an activating group) is 1. The number of amides is 3. The molecule has 10 nitrogen and oxygen atoms in total. The Morgan fingerprint density at radius 2 is 0.857 bits per heavy atom. The molecule has 0 bridgehead atoms. The standard InChI is InChI=1S/C53H70N4O6/c1-51(2,3)61-48(58)55-45(36-41-25-17-12-18-26-41)32-34-47(38-43-29-21-14-22-30-43)57(50(60)63-53(7,8)9)39-54-44(35-40-23-15-11-16-24-40)31-33-46(37-42-27-19-13-20-28-42)56(10)49(59)62-52(4,5)6/h11-34,44-47,54H,35-39H2,1-10H3,(H,55,58)/b33-31+,34-32+/t44-,45+,46+,47+/m0/s1. The Morgan fingerprint density at radius 1 is 0.492 bits per heavy atom. The van der Waals surface area contributed by atoms with E-state index in [0.717, 1.165) is 22.3 Å². The van der Waals surface area contributed by atoms with E-state index in [9.17, 15) is 14.4 Å². The highest BCUT2D eigenvalue weighted by atomic mass is 16.6. The molecule has 0 radical (unpaired) electrons. The average molecular weight is 859 g/mol. The van der Waals surface area contributed by atoms with Gasteiger partial charge in [-0.25, -0.2) is 14.4 Å². The molecule has 3 amide bonds. The van der Waals surface area contributed by atoms with Gasteiger partial charge >= 0.3 is 18.3 Å². The quantitative estimate of drug-likeness (QED) is 0.0583. The van der Waals surface area contributed by atoms with Gasteiger partial charge in [-0.15, -0.1) is 0 Å². The second-order valence-corrected chi connectivity index (χ2v) is 18.9. The minimum Gasteiger partial charge on any atom is -0.444 e. The molecule has 4 atom stereocenters. The lowest BCUT2D eigenvalue weighted by Crippen LogP contribution is -2.50. The van der Waals surface area contributed by atoms with E-state index in [4.69, 9.17) is 14.2 Å². The zero-order valence-corrected chi connectivity index (χ0v) is 39.0. The molecule has 338 valence electrons. The molecule has 0 unspecified atom stereocenters. The van der Waals surface area contributed by atoms with Gasteiger partial charge in [-0.1, -0.05) is 146 Å². The van der Waals surface area contributed by atoms with Crippen LogP contribution in [-0.2, 0) is 39.9 Å². The van der Waals surface area contributed by atoms with E-state index in [1.807, 2.05) is 178 Å². The van der Waals surface area contributed by atoms with Crippen molar-refractivity contribution in [1.29, 1.82) is 0 Å². The summed E-state index contributed by atoms with van der Waals surface area (Å²) in [7, 11) is 1.76. The van der Waals surface area contributed by atoms with Crippen molar-refractivity contribution in [3.8, 4) is 0 Å². The Hall–Kier alpha value is -5.87. The van der Waals surface area contributed by atoms with Crippen LogP contribution in [-0.4, -0.2) is 82.8 Å². The monoisotopic (exact) mass is 859 g/mol. The zero-order chi connectivity index (χ0) is 46.0. The molecule has 0 aliphatic heterocycles. The first kappa shape index (κ1) is 49.8. The van der Waals surface area contributed by atoms with Gasteiger partial charge < -0.3 is 24.4 Å². The van der Waals surface area contributed by atoms with E-state index in [1.54, 1.807) is 16.8 Å². The van der Waals surface area contributed by atoms with E-state index < -0.39 is 47.2 Å². The van der Waals surface area contributed by atoms with Crippen LogP contribution in [0.2, 0.25) is 0 Å². The number of rotatable bonds is 18. The van der Waals surface area contributed by atoms with E-state index in [2.05, 4.69) is 41.0 Å². The molecule has 0 fully saturated rings. The van der Waals surface area contributed by atoms with Gasteiger partial charge in [0.05, 0.1) is 24.8 Å². The molecule has 0 aliphatic rings. The number of alkyl carbamates (subject to hydrolysis) is 1. The van der Waals surface area contributed by atoms with Gasteiger partial charge in [-0.3, -0.25) is 10.2 Å². The SMILES string of the molecule is CN(C(=O)OC(C)(C)C)[C@H](/C=C/[C@@H](Cc1ccccc1)NCN(C(=O)OC(C)(C)C)[C@H](/C=C/[C@H](Cc1ccccc1)NC(=O)OC(C)(C)C)Cc1ccccc1)Cc1ccccc1. The molecule has 2 N–H and O–H groups in total. The lowest BCUT2D eigenvalue weighted by molar-refractivity contribution is 0.0174. The maximum Gasteiger partial charge on any atom is 0.411 e. The van der Waals surface area contributed by atoms with Crippen LogP contribution >= 0.6 is 0 Å². The van der Waals surface area contributed by atoms with Crippen molar-refractivity contribution < 1.29 is 28.6 Å². The summed E-state index contributed by atoms with van der Waals surface area (Å²) in [6, 6.07) is 38.6. The fourth-order valence-corrected chi connectivity index (χ4v) is 6.75. The molecular formula is C53H70N4O6. The molecule has 63 heavy (non-hydrogen) atoms. The third-order valence-corrected chi connectivity index (χ3v) is 9.74. The van der Waals surface area contributed by atoms with E-state index in [0.29, 0.717) is 25.7 Å². The normalized spacial score (nSPS) is 14.1. The summed E-state index contributed by atoms with van der Waals surface area (Å²) in [6.07, 6.45) is 8.77. The van der Waals surface area contributed by atoms with Crippen LogP contribution in [0.25, 0.3) is 0 Å². The highest BCUT2D eigenvalue weighted by Crippen LogP contribution is 2.20. The van der Waals surface area contributed by atoms with Crippen LogP contribution in [0.1, 0.15) is 84.6 Å². The highest BCUT2D eigenvalue weighted by molar-refractivity contribution is 5.70. The Kier molecular flexibility index (Phi) is 18.6. The molecular weight excluding hydrogens is 789 g/mol. The topological polar surface area (TPSA) is 109 Å². The summed E-state index contributed by atoms with van der Waals surface area (Å²) in [5.74, 6) is 0. The van der Waals surface area contributed by atoms with Crippen molar-refractivity contribution in [2.45, 2.75) is 129 Å². The summed E-state index contributed by atoms with van der Waals surface area (Å²) >= 11 is 0. The number of carbonyl (C=O) groups excluding carboxylic acids is 3. The summed E-state index contributed by atoms with van der Waals surface area (Å²) in [4.78, 5) is 44.4. The number of hydrogen-bond donors (Lipinski definition) is 2. The van der Waals surface area contributed by atoms with Crippen LogP contribution in [0.4, 0.5) is 14.4 Å². The van der Waals surface area contributed by atoms with Crippen molar-refractivity contribution in [1.82, 2.24) is 20.4 Å². The van der Waals surface area contributed by atoms with E-state index in [-0.39, 0.29) is 18.8 Å². The minimum atomic E-state index is -0.773. The molecule has 0 aromatic heterocycles. The highest BCUT2D eigenvalue weighted by Gasteiger charge is 2.29. The number of carbonyl (C=O) groups is 3. The van der Waals surface area contributed by atoms with Crippen LogP contribution in [0, 0.1) is 0 Å². The minimum absolute atomic E-state index is 0.118. The van der Waals surface area contributed by atoms with Gasteiger partial charge in [-0.2, -0.15) is 0 Å². The van der Waals surface area contributed by atoms with Gasteiger partial charge in [-0.05, 0) is 110 Å². The Bertz CT molecular complexity index is 2040. The third kappa shape index (κ3) is 19.4. The summed E-state index contributed by atoms with van der Waals surface area (Å²) in [5.41, 5.74) is 2.12. The predicted molar refractivity (Wildman–Crippen MR) is 253 cm³/mol. The van der Waals surface area contributed by atoms with Crippen LogP contribution in [0.15, 0.2) is 146 Å². The largest absolute Gasteiger partial charge is 0.444 e. The first-order chi connectivity index (χ1) is 29.7. The predicted octanol–water partition coefficient (Wildman–Crippen LogP) is 10.7. The van der Waals surface area contributed by atoms with Gasteiger partial charge in [0, 0.05) is 13.1 Å². The van der Waals surface area contributed by atoms with Crippen molar-refractivity contribution >= 4 is 18.3 Å². The van der Waals surface area contributed by atoms with Crippen molar-refractivity contribution in [2.24, 2.45) is 0 Å². The Labute approximate surface area is 376 Å². The van der Waals surface area contributed by atoms with Gasteiger partial charge in [0.15, 0.2) is 0 Å². The molecule has 0 saturated heterocycles. The fraction of sp³-hybridized carbons (Fsp3) is 0.415. The molecule has 4 aromatic carbocycles. The van der Waals surface area contributed by atoms with E-state index in [1.165, 1.54) is 0 Å². The number of nitrogens with zero attached hydrogens (tertiary/aromatic N) is 2.